The van der Waals surface area contributed by atoms with Gasteiger partial charge >= 0.3 is 11.9 Å². The van der Waals surface area contributed by atoms with Gasteiger partial charge in [-0.05, 0) is 38.0 Å². The highest BCUT2D eigenvalue weighted by Gasteiger charge is 2.41. The first-order valence-electron chi connectivity index (χ1n) is 7.54. The molecule has 0 amide bonds. The molecule has 0 bridgehead atoms. The van der Waals surface area contributed by atoms with Crippen molar-refractivity contribution in [2.24, 2.45) is 11.3 Å². The van der Waals surface area contributed by atoms with Crippen molar-refractivity contribution in [1.29, 1.82) is 0 Å². The molecule has 0 aromatic heterocycles. The summed E-state index contributed by atoms with van der Waals surface area (Å²) in [6.07, 6.45) is 12.2. The summed E-state index contributed by atoms with van der Waals surface area (Å²) in [5.74, 6) is -2.59. The Kier molecular flexibility index (Phi) is 4.69. The zero-order valence-electron chi connectivity index (χ0n) is 13.0. The summed E-state index contributed by atoms with van der Waals surface area (Å²) in [5, 5.41) is 19.1. The molecule has 0 aliphatic heterocycles. The summed E-state index contributed by atoms with van der Waals surface area (Å²) in [7, 11) is 0. The molecule has 118 valence electrons. The summed E-state index contributed by atoms with van der Waals surface area (Å²) in [4.78, 5) is 23.3. The molecule has 0 fully saturated rings. The summed E-state index contributed by atoms with van der Waals surface area (Å²) < 4.78 is 0. The first-order chi connectivity index (χ1) is 10.4. The van der Waals surface area contributed by atoms with Gasteiger partial charge in [0.25, 0.3) is 0 Å². The highest BCUT2D eigenvalue weighted by atomic mass is 16.4. The van der Waals surface area contributed by atoms with Gasteiger partial charge in [-0.15, -0.1) is 0 Å². The van der Waals surface area contributed by atoms with E-state index in [4.69, 9.17) is 0 Å². The second-order valence-corrected chi connectivity index (χ2v) is 6.18. The molecule has 0 saturated carbocycles. The van der Waals surface area contributed by atoms with Crippen molar-refractivity contribution in [3.05, 3.63) is 47.1 Å². The topological polar surface area (TPSA) is 74.6 Å². The van der Waals surface area contributed by atoms with Crippen molar-refractivity contribution in [1.82, 2.24) is 0 Å². The van der Waals surface area contributed by atoms with Crippen LogP contribution in [0.2, 0.25) is 0 Å². The Morgan fingerprint density at radius 1 is 1.14 bits per heavy atom. The predicted molar refractivity (Wildman–Crippen MR) is 84.4 cm³/mol. The van der Waals surface area contributed by atoms with E-state index < -0.39 is 11.9 Å². The van der Waals surface area contributed by atoms with Crippen LogP contribution in [0.25, 0.3) is 0 Å². The maximum absolute atomic E-state index is 11.8. The van der Waals surface area contributed by atoms with Crippen molar-refractivity contribution in [2.45, 2.75) is 39.5 Å². The molecule has 0 aromatic rings. The van der Waals surface area contributed by atoms with Gasteiger partial charge in [0.1, 0.15) is 0 Å². The van der Waals surface area contributed by atoms with Crippen LogP contribution in [0.5, 0.6) is 0 Å². The number of rotatable bonds is 3. The third kappa shape index (κ3) is 2.91. The Morgan fingerprint density at radius 3 is 2.50 bits per heavy atom. The smallest absolute Gasteiger partial charge is 0.332 e. The molecule has 2 rings (SSSR count). The van der Waals surface area contributed by atoms with Crippen LogP contribution in [0, 0.1) is 11.3 Å². The van der Waals surface area contributed by atoms with Gasteiger partial charge in [0.15, 0.2) is 0 Å². The maximum Gasteiger partial charge on any atom is 0.332 e. The van der Waals surface area contributed by atoms with Crippen molar-refractivity contribution in [3.63, 3.8) is 0 Å². The second-order valence-electron chi connectivity index (χ2n) is 6.18. The minimum absolute atomic E-state index is 0.00787. The normalized spacial score (nSPS) is 28.8. The fourth-order valence-electron chi connectivity index (χ4n) is 3.41. The van der Waals surface area contributed by atoms with Gasteiger partial charge in [-0.3, -0.25) is 0 Å². The van der Waals surface area contributed by atoms with E-state index in [1.807, 2.05) is 19.9 Å². The van der Waals surface area contributed by atoms with Gasteiger partial charge in [-0.2, -0.15) is 0 Å². The highest BCUT2D eigenvalue weighted by Crippen LogP contribution is 2.47. The molecule has 4 heteroatoms. The average molecular weight is 302 g/mol. The van der Waals surface area contributed by atoms with E-state index >= 15 is 0 Å². The molecule has 0 heterocycles. The maximum atomic E-state index is 11.8. The molecule has 0 saturated heterocycles. The first-order valence-corrected chi connectivity index (χ1v) is 7.54. The van der Waals surface area contributed by atoms with Gasteiger partial charge < -0.3 is 10.2 Å². The number of allylic oxidation sites excluding steroid dienone is 6. The number of carbonyl (C=O) groups is 2. The molecule has 22 heavy (non-hydrogen) atoms. The summed E-state index contributed by atoms with van der Waals surface area (Å²) in [6.45, 7) is 4.06. The van der Waals surface area contributed by atoms with Gasteiger partial charge in [-0.25, -0.2) is 9.59 Å². The largest absolute Gasteiger partial charge is 0.478 e. The monoisotopic (exact) mass is 302 g/mol. The molecule has 2 N–H and O–H groups in total. The summed E-state index contributed by atoms with van der Waals surface area (Å²) in [5.41, 5.74) is 0.814. The Labute approximate surface area is 130 Å². The fourth-order valence-corrected chi connectivity index (χ4v) is 3.41. The Morgan fingerprint density at radius 2 is 1.86 bits per heavy atom. The van der Waals surface area contributed by atoms with E-state index in [0.717, 1.165) is 18.4 Å². The van der Waals surface area contributed by atoms with Crippen LogP contribution < -0.4 is 0 Å². The number of hydrogen-bond donors (Lipinski definition) is 2. The second kappa shape index (κ2) is 6.34. The lowest BCUT2D eigenvalue weighted by atomic mass is 9.65. The van der Waals surface area contributed by atoms with Crippen LogP contribution in [0.4, 0.5) is 0 Å². The minimum atomic E-state index is -1.14. The van der Waals surface area contributed by atoms with Gasteiger partial charge in [0.2, 0.25) is 0 Å². The fraction of sp³-hybridized carbons (Fsp3) is 0.444. The van der Waals surface area contributed by atoms with Crippen molar-refractivity contribution in [3.8, 4) is 0 Å². The van der Waals surface area contributed by atoms with E-state index in [0.29, 0.717) is 6.42 Å². The van der Waals surface area contributed by atoms with Crippen molar-refractivity contribution < 1.29 is 19.8 Å². The molecule has 0 aromatic carbocycles. The van der Waals surface area contributed by atoms with Crippen LogP contribution in [-0.2, 0) is 9.59 Å². The molecule has 0 radical (unpaired) electrons. The van der Waals surface area contributed by atoms with E-state index in [2.05, 4.69) is 18.2 Å². The zero-order chi connectivity index (χ0) is 16.3. The Hall–Kier alpha value is -2.10. The molecule has 2 aliphatic rings. The van der Waals surface area contributed by atoms with Crippen LogP contribution in [-0.4, -0.2) is 22.2 Å². The average Bonchev–Trinajstić information content (AvgIpc) is 2.77. The molecule has 4 nitrogen and oxygen atoms in total. The van der Waals surface area contributed by atoms with Gasteiger partial charge in [0, 0.05) is 5.92 Å². The van der Waals surface area contributed by atoms with Crippen molar-refractivity contribution in [2.75, 3.05) is 0 Å². The van der Waals surface area contributed by atoms with Gasteiger partial charge in [-0.1, -0.05) is 42.9 Å². The Balaban J connectivity index is 2.61. The van der Waals surface area contributed by atoms with E-state index in [9.17, 15) is 19.8 Å². The lowest BCUT2D eigenvalue weighted by Gasteiger charge is -2.38. The van der Waals surface area contributed by atoms with E-state index in [1.54, 1.807) is 6.08 Å². The van der Waals surface area contributed by atoms with Gasteiger partial charge in [0.05, 0.1) is 11.1 Å². The molecular formula is C18H22O4. The van der Waals surface area contributed by atoms with Crippen LogP contribution in [0.3, 0.4) is 0 Å². The molecule has 2 aliphatic carbocycles. The molecular weight excluding hydrogens is 280 g/mol. The van der Waals surface area contributed by atoms with E-state index in [1.165, 1.54) is 0 Å². The minimum Gasteiger partial charge on any atom is -0.478 e. The molecule has 2 atom stereocenters. The van der Waals surface area contributed by atoms with Crippen LogP contribution >= 0.6 is 0 Å². The quantitative estimate of drug-likeness (QED) is 0.779. The predicted octanol–water partition coefficient (Wildman–Crippen LogP) is 3.72. The van der Waals surface area contributed by atoms with E-state index in [-0.39, 0.29) is 28.9 Å². The lowest BCUT2D eigenvalue weighted by molar-refractivity contribution is -0.136. The van der Waals surface area contributed by atoms with Crippen LogP contribution in [0.1, 0.15) is 39.5 Å². The highest BCUT2D eigenvalue weighted by molar-refractivity contribution is 5.99. The number of aliphatic carboxylic acids is 2. The summed E-state index contributed by atoms with van der Waals surface area (Å²) >= 11 is 0. The lowest BCUT2D eigenvalue weighted by Crippen LogP contribution is -2.33. The number of hydrogen-bond acceptors (Lipinski definition) is 2. The standard InChI is InChI=1S/C18H22O4/c1-12-8-4-3-7-11-18(12,2)14-10-6-5-9-13(16(19)20)15(14)17(21)22/h3,5-8,14H,4,9-11H2,1-2H3,(H,19,20)(H,21,22). The number of carboxylic acid groups (broad SMARTS) is 2. The zero-order valence-corrected chi connectivity index (χ0v) is 13.0. The SMILES string of the molecule is CC1=CCC=CCC1(C)C1CC=CCC(C(=O)O)=C1C(=O)O. The first kappa shape index (κ1) is 16.3. The number of carboxylic acids is 2. The Bertz CT molecular complexity index is 607. The third-order valence-corrected chi connectivity index (χ3v) is 4.96. The molecule has 0 spiro atoms. The summed E-state index contributed by atoms with van der Waals surface area (Å²) in [6, 6.07) is 0. The van der Waals surface area contributed by atoms with Crippen molar-refractivity contribution >= 4 is 11.9 Å². The van der Waals surface area contributed by atoms with Crippen LogP contribution in [0.15, 0.2) is 47.1 Å². The molecule has 2 unspecified atom stereocenters. The third-order valence-electron chi connectivity index (χ3n) is 4.96.